The lowest BCUT2D eigenvalue weighted by Gasteiger charge is -2.10. The second kappa shape index (κ2) is 6.98. The van der Waals surface area contributed by atoms with E-state index in [0.29, 0.717) is 11.5 Å². The van der Waals surface area contributed by atoms with Gasteiger partial charge in [0.2, 0.25) is 0 Å². The van der Waals surface area contributed by atoms with Crippen LogP contribution in [0, 0.1) is 0 Å². The van der Waals surface area contributed by atoms with Crippen molar-refractivity contribution in [2.45, 2.75) is 12.5 Å². The Morgan fingerprint density at radius 3 is 2.12 bits per heavy atom. The molecule has 0 radical (unpaired) electrons. The van der Waals surface area contributed by atoms with Gasteiger partial charge in [-0.3, -0.25) is 4.79 Å². The molecule has 96 valence electrons. The molecule has 0 saturated heterocycles. The second-order valence-electron chi connectivity index (χ2n) is 3.37. The highest BCUT2D eigenvalue weighted by Gasteiger charge is 2.13. The van der Waals surface area contributed by atoms with Gasteiger partial charge in [-0.15, -0.1) is 12.4 Å². The van der Waals surface area contributed by atoms with Gasteiger partial charge in [0.1, 0.15) is 17.5 Å². The van der Waals surface area contributed by atoms with E-state index in [4.69, 9.17) is 20.3 Å². The standard InChI is InChI=1S/C11H15NO4.ClH/c1-15-8-3-7(4-9(6-8)16-2)5-10(12)11(13)14;/h3-4,6,10H,5,12H2,1-2H3,(H,13,14);1H/t10-;/m1./s1. The van der Waals surface area contributed by atoms with Crippen molar-refractivity contribution in [3.05, 3.63) is 23.8 Å². The number of halogens is 1. The zero-order valence-corrected chi connectivity index (χ0v) is 10.5. The van der Waals surface area contributed by atoms with Crippen LogP contribution in [0.3, 0.4) is 0 Å². The summed E-state index contributed by atoms with van der Waals surface area (Å²) in [6.07, 6.45) is 0.239. The van der Waals surface area contributed by atoms with Gasteiger partial charge in [-0.25, -0.2) is 0 Å². The lowest BCUT2D eigenvalue weighted by molar-refractivity contribution is -0.138. The zero-order valence-electron chi connectivity index (χ0n) is 9.67. The number of carbonyl (C=O) groups is 1. The third kappa shape index (κ3) is 4.50. The Morgan fingerprint density at radius 1 is 1.29 bits per heavy atom. The summed E-state index contributed by atoms with van der Waals surface area (Å²) >= 11 is 0. The average Bonchev–Trinajstić information content (AvgIpc) is 2.28. The normalized spacial score (nSPS) is 11.2. The number of carboxylic acids is 1. The molecule has 1 aromatic carbocycles. The number of methoxy groups -OCH3 is 2. The van der Waals surface area contributed by atoms with Gasteiger partial charge in [0.25, 0.3) is 0 Å². The fourth-order valence-electron chi connectivity index (χ4n) is 1.33. The van der Waals surface area contributed by atoms with Crippen molar-refractivity contribution in [3.63, 3.8) is 0 Å². The molecule has 0 unspecified atom stereocenters. The number of aliphatic carboxylic acids is 1. The number of benzene rings is 1. The molecule has 6 heteroatoms. The Hall–Kier alpha value is -1.46. The molecule has 5 nitrogen and oxygen atoms in total. The maximum Gasteiger partial charge on any atom is 0.320 e. The monoisotopic (exact) mass is 261 g/mol. The van der Waals surface area contributed by atoms with E-state index in [0.717, 1.165) is 5.56 Å². The first-order chi connectivity index (χ1) is 7.56. The lowest BCUT2D eigenvalue weighted by Crippen LogP contribution is -2.32. The minimum absolute atomic E-state index is 0. The number of ether oxygens (including phenoxy) is 2. The SMILES string of the molecule is COc1cc(C[C@@H](N)C(=O)O)cc(OC)c1.Cl. The predicted molar refractivity (Wildman–Crippen MR) is 66.1 cm³/mol. The number of nitrogens with two attached hydrogens (primary N) is 1. The van der Waals surface area contributed by atoms with E-state index >= 15 is 0 Å². The van der Waals surface area contributed by atoms with Gasteiger partial charge in [0.05, 0.1) is 14.2 Å². The van der Waals surface area contributed by atoms with Crippen molar-refractivity contribution < 1.29 is 19.4 Å². The summed E-state index contributed by atoms with van der Waals surface area (Å²) in [6.45, 7) is 0. The van der Waals surface area contributed by atoms with Crippen LogP contribution in [-0.4, -0.2) is 31.3 Å². The first kappa shape index (κ1) is 15.5. The predicted octanol–water partition coefficient (Wildman–Crippen LogP) is 1.08. The molecule has 0 aliphatic carbocycles. The quantitative estimate of drug-likeness (QED) is 0.829. The van der Waals surface area contributed by atoms with Crippen LogP contribution in [0.15, 0.2) is 18.2 Å². The molecule has 0 amide bonds. The van der Waals surface area contributed by atoms with E-state index in [1.165, 1.54) is 14.2 Å². The summed E-state index contributed by atoms with van der Waals surface area (Å²) < 4.78 is 10.1. The molecule has 0 fully saturated rings. The third-order valence-corrected chi connectivity index (χ3v) is 2.18. The fraction of sp³-hybridized carbons (Fsp3) is 0.364. The summed E-state index contributed by atoms with van der Waals surface area (Å²) in [4.78, 5) is 10.6. The van der Waals surface area contributed by atoms with Crippen LogP contribution >= 0.6 is 12.4 Å². The molecule has 0 aromatic heterocycles. The highest BCUT2D eigenvalue weighted by atomic mass is 35.5. The van der Waals surface area contributed by atoms with E-state index < -0.39 is 12.0 Å². The summed E-state index contributed by atoms with van der Waals surface area (Å²) in [5, 5.41) is 8.71. The topological polar surface area (TPSA) is 81.8 Å². The molecule has 1 rings (SSSR count). The first-order valence-corrected chi connectivity index (χ1v) is 4.77. The molecule has 17 heavy (non-hydrogen) atoms. The maximum atomic E-state index is 10.6. The molecule has 1 atom stereocenters. The molecule has 0 heterocycles. The number of carboxylic acid groups (broad SMARTS) is 1. The van der Waals surface area contributed by atoms with Crippen LogP contribution in [-0.2, 0) is 11.2 Å². The Kier molecular flexibility index (Phi) is 6.38. The first-order valence-electron chi connectivity index (χ1n) is 4.77. The van der Waals surface area contributed by atoms with Gasteiger partial charge in [-0.1, -0.05) is 0 Å². The summed E-state index contributed by atoms with van der Waals surface area (Å²) in [5.74, 6) is 0.209. The Morgan fingerprint density at radius 2 is 1.76 bits per heavy atom. The largest absolute Gasteiger partial charge is 0.497 e. The molecule has 0 aliphatic rings. The van der Waals surface area contributed by atoms with E-state index in [1.807, 2.05) is 0 Å². The van der Waals surface area contributed by atoms with Crippen LogP contribution < -0.4 is 15.2 Å². The molecular weight excluding hydrogens is 246 g/mol. The molecule has 3 N–H and O–H groups in total. The second-order valence-corrected chi connectivity index (χ2v) is 3.37. The van der Waals surface area contributed by atoms with Gasteiger partial charge in [0.15, 0.2) is 0 Å². The number of hydrogen-bond donors (Lipinski definition) is 2. The Balaban J connectivity index is 0.00000256. The lowest BCUT2D eigenvalue weighted by atomic mass is 10.1. The molecule has 0 bridgehead atoms. The van der Waals surface area contributed by atoms with Crippen molar-refractivity contribution in [3.8, 4) is 11.5 Å². The zero-order chi connectivity index (χ0) is 12.1. The van der Waals surface area contributed by atoms with Gasteiger partial charge < -0.3 is 20.3 Å². The Labute approximate surface area is 106 Å². The van der Waals surface area contributed by atoms with Crippen LogP contribution in [0.25, 0.3) is 0 Å². The summed E-state index contributed by atoms with van der Waals surface area (Å²) in [6, 6.07) is 4.28. The highest BCUT2D eigenvalue weighted by Crippen LogP contribution is 2.23. The van der Waals surface area contributed by atoms with E-state index in [1.54, 1.807) is 18.2 Å². The van der Waals surface area contributed by atoms with E-state index in [2.05, 4.69) is 0 Å². The minimum atomic E-state index is -1.03. The summed E-state index contributed by atoms with van der Waals surface area (Å²) in [5.41, 5.74) is 6.22. The van der Waals surface area contributed by atoms with Gasteiger partial charge in [-0.05, 0) is 24.1 Å². The average molecular weight is 262 g/mol. The minimum Gasteiger partial charge on any atom is -0.497 e. The summed E-state index contributed by atoms with van der Waals surface area (Å²) in [7, 11) is 3.07. The molecule has 0 saturated carbocycles. The Bertz CT molecular complexity index is 361. The van der Waals surface area contributed by atoms with Crippen LogP contribution in [0.5, 0.6) is 11.5 Å². The van der Waals surface area contributed by atoms with Gasteiger partial charge in [-0.2, -0.15) is 0 Å². The van der Waals surface area contributed by atoms with E-state index in [-0.39, 0.29) is 18.8 Å². The maximum absolute atomic E-state index is 10.6. The van der Waals surface area contributed by atoms with Gasteiger partial charge >= 0.3 is 5.97 Å². The van der Waals surface area contributed by atoms with Gasteiger partial charge in [0, 0.05) is 6.07 Å². The third-order valence-electron chi connectivity index (χ3n) is 2.18. The smallest absolute Gasteiger partial charge is 0.320 e. The molecule has 0 aliphatic heterocycles. The van der Waals surface area contributed by atoms with Crippen molar-refractivity contribution >= 4 is 18.4 Å². The number of rotatable bonds is 5. The molecular formula is C11H16ClNO4. The van der Waals surface area contributed by atoms with Crippen molar-refractivity contribution in [1.29, 1.82) is 0 Å². The van der Waals surface area contributed by atoms with Crippen LogP contribution in [0.4, 0.5) is 0 Å². The van der Waals surface area contributed by atoms with Crippen LogP contribution in [0.2, 0.25) is 0 Å². The fourth-order valence-corrected chi connectivity index (χ4v) is 1.33. The van der Waals surface area contributed by atoms with E-state index in [9.17, 15) is 4.79 Å². The highest BCUT2D eigenvalue weighted by molar-refractivity contribution is 5.85. The number of hydrogen-bond acceptors (Lipinski definition) is 4. The van der Waals surface area contributed by atoms with Crippen molar-refractivity contribution in [1.82, 2.24) is 0 Å². The van der Waals surface area contributed by atoms with Crippen molar-refractivity contribution in [2.75, 3.05) is 14.2 Å². The molecule has 0 spiro atoms. The molecule has 1 aromatic rings. The van der Waals surface area contributed by atoms with Crippen molar-refractivity contribution in [2.24, 2.45) is 5.73 Å². The van der Waals surface area contributed by atoms with Crippen LogP contribution in [0.1, 0.15) is 5.56 Å².